The number of ether oxygens (including phenoxy) is 1. The van der Waals surface area contributed by atoms with Gasteiger partial charge in [-0.25, -0.2) is 0 Å². The van der Waals surface area contributed by atoms with Crippen molar-refractivity contribution in [3.63, 3.8) is 0 Å². The van der Waals surface area contributed by atoms with Crippen molar-refractivity contribution in [1.82, 2.24) is 5.32 Å². The Morgan fingerprint density at radius 3 is 2.52 bits per heavy atom. The molecule has 1 aliphatic heterocycles. The van der Waals surface area contributed by atoms with E-state index >= 15 is 0 Å². The highest BCUT2D eigenvalue weighted by Crippen LogP contribution is 2.22. The number of aliphatic hydroxyl groups is 3. The summed E-state index contributed by atoms with van der Waals surface area (Å²) in [5.74, 6) is -1.14. The van der Waals surface area contributed by atoms with Gasteiger partial charge in [-0.3, -0.25) is 9.59 Å². The molecule has 0 spiro atoms. The van der Waals surface area contributed by atoms with Crippen LogP contribution in [0.25, 0.3) is 0 Å². The maximum absolute atomic E-state index is 12.6. The molecular formula is C21H30N2O6. The highest BCUT2D eigenvalue weighted by Gasteiger charge is 2.37. The lowest BCUT2D eigenvalue weighted by Gasteiger charge is -2.30. The van der Waals surface area contributed by atoms with Crippen molar-refractivity contribution in [3.8, 4) is 0 Å². The average molecular weight is 406 g/mol. The number of para-hydroxylation sites is 1. The average Bonchev–Trinajstić information content (AvgIpc) is 2.65. The number of nitrogens with one attached hydrogen (secondary N) is 2. The van der Waals surface area contributed by atoms with E-state index in [0.29, 0.717) is 12.1 Å². The largest absolute Gasteiger partial charge is 0.387 e. The molecule has 0 saturated carbocycles. The zero-order valence-corrected chi connectivity index (χ0v) is 17.1. The summed E-state index contributed by atoms with van der Waals surface area (Å²) >= 11 is 0. The zero-order valence-electron chi connectivity index (χ0n) is 17.1. The first-order valence-corrected chi connectivity index (χ1v) is 9.49. The summed E-state index contributed by atoms with van der Waals surface area (Å²) in [5, 5.41) is 36.0. The third-order valence-electron chi connectivity index (χ3n) is 4.65. The molecule has 1 heterocycles. The lowest BCUT2D eigenvalue weighted by Crippen LogP contribution is -2.56. The van der Waals surface area contributed by atoms with Crippen molar-refractivity contribution in [2.24, 2.45) is 5.41 Å². The molecule has 0 radical (unpaired) electrons. The first-order valence-electron chi connectivity index (χ1n) is 9.49. The summed E-state index contributed by atoms with van der Waals surface area (Å²) in [6.45, 7) is 5.74. The van der Waals surface area contributed by atoms with Gasteiger partial charge in [0.05, 0.1) is 0 Å². The highest BCUT2D eigenvalue weighted by atomic mass is 16.5. The third-order valence-corrected chi connectivity index (χ3v) is 4.65. The maximum atomic E-state index is 12.6. The topological polar surface area (TPSA) is 128 Å². The third kappa shape index (κ3) is 6.11. The molecule has 5 atom stereocenters. The van der Waals surface area contributed by atoms with E-state index in [1.807, 2.05) is 32.9 Å². The number of aliphatic hydroxyl groups excluding tert-OH is 3. The molecule has 0 aliphatic carbocycles. The lowest BCUT2D eigenvalue weighted by atomic mass is 9.93. The van der Waals surface area contributed by atoms with E-state index in [9.17, 15) is 24.9 Å². The molecule has 8 heteroatoms. The number of fused-ring (bicyclic) bond motifs is 1. The van der Waals surface area contributed by atoms with Crippen LogP contribution in [0, 0.1) is 5.41 Å². The maximum Gasteiger partial charge on any atom is 0.252 e. The molecule has 2 unspecified atom stereocenters. The number of rotatable bonds is 7. The van der Waals surface area contributed by atoms with Crippen LogP contribution in [0.3, 0.4) is 0 Å². The van der Waals surface area contributed by atoms with Crippen molar-refractivity contribution in [2.45, 2.75) is 57.6 Å². The SMILES string of the molecule is CO[C@@H](C(=O)NC1Cc2ccccc2NC1=O)[C@H](O)[C@@H](O)C(O)/C=C/C(C)(C)C. The van der Waals surface area contributed by atoms with Gasteiger partial charge in [0, 0.05) is 19.2 Å². The summed E-state index contributed by atoms with van der Waals surface area (Å²) in [4.78, 5) is 24.9. The monoisotopic (exact) mass is 406 g/mol. The molecule has 0 fully saturated rings. The van der Waals surface area contributed by atoms with Gasteiger partial charge in [0.25, 0.3) is 5.91 Å². The van der Waals surface area contributed by atoms with E-state index in [0.717, 1.165) is 5.56 Å². The first kappa shape index (κ1) is 23.0. The van der Waals surface area contributed by atoms with E-state index in [1.54, 1.807) is 18.2 Å². The number of anilines is 1. The van der Waals surface area contributed by atoms with Crippen molar-refractivity contribution >= 4 is 17.5 Å². The predicted molar refractivity (Wildman–Crippen MR) is 108 cm³/mol. The summed E-state index contributed by atoms with van der Waals surface area (Å²) in [6.07, 6.45) is -2.85. The summed E-state index contributed by atoms with van der Waals surface area (Å²) in [5.41, 5.74) is 1.33. The van der Waals surface area contributed by atoms with Crippen LogP contribution in [0.4, 0.5) is 5.69 Å². The van der Waals surface area contributed by atoms with Crippen LogP contribution in [0.5, 0.6) is 0 Å². The number of benzene rings is 1. The minimum Gasteiger partial charge on any atom is -0.387 e. The first-order chi connectivity index (χ1) is 13.5. The molecule has 0 aromatic heterocycles. The lowest BCUT2D eigenvalue weighted by molar-refractivity contribution is -0.150. The van der Waals surface area contributed by atoms with Crippen molar-refractivity contribution < 1.29 is 29.6 Å². The second kappa shape index (κ2) is 9.49. The number of hydrogen-bond acceptors (Lipinski definition) is 6. The Bertz CT molecular complexity index is 758. The Morgan fingerprint density at radius 1 is 1.24 bits per heavy atom. The van der Waals surface area contributed by atoms with Crippen LogP contribution in [0.2, 0.25) is 0 Å². The van der Waals surface area contributed by atoms with Crippen LogP contribution >= 0.6 is 0 Å². The molecule has 160 valence electrons. The minimum atomic E-state index is -1.70. The van der Waals surface area contributed by atoms with Gasteiger partial charge in [-0.15, -0.1) is 0 Å². The zero-order chi connectivity index (χ0) is 21.8. The quantitative estimate of drug-likeness (QED) is 0.416. The number of hydrogen-bond donors (Lipinski definition) is 5. The Balaban J connectivity index is 2.04. The summed E-state index contributed by atoms with van der Waals surface area (Å²) in [6, 6.07) is 6.41. The fourth-order valence-electron chi connectivity index (χ4n) is 3.01. The van der Waals surface area contributed by atoms with E-state index in [2.05, 4.69) is 10.6 Å². The van der Waals surface area contributed by atoms with Gasteiger partial charge in [-0.2, -0.15) is 0 Å². The van der Waals surface area contributed by atoms with E-state index < -0.39 is 36.4 Å². The van der Waals surface area contributed by atoms with Crippen LogP contribution in [0.1, 0.15) is 26.3 Å². The number of carbonyl (C=O) groups is 2. The second-order valence-electron chi connectivity index (χ2n) is 8.26. The molecule has 29 heavy (non-hydrogen) atoms. The number of methoxy groups -OCH3 is 1. The van der Waals surface area contributed by atoms with E-state index in [4.69, 9.17) is 4.74 Å². The van der Waals surface area contributed by atoms with Crippen LogP contribution in [0.15, 0.2) is 36.4 Å². The minimum absolute atomic E-state index is 0.228. The molecular weight excluding hydrogens is 376 g/mol. The fourth-order valence-corrected chi connectivity index (χ4v) is 3.01. The Kier molecular flexibility index (Phi) is 7.54. The number of allylic oxidation sites excluding steroid dienone is 1. The molecule has 2 rings (SSSR count). The van der Waals surface area contributed by atoms with Gasteiger partial charge in [-0.05, 0) is 17.0 Å². The van der Waals surface area contributed by atoms with Crippen molar-refractivity contribution in [3.05, 3.63) is 42.0 Å². The molecule has 5 N–H and O–H groups in total. The molecule has 1 aliphatic rings. The van der Waals surface area contributed by atoms with Gasteiger partial charge in [0.15, 0.2) is 6.10 Å². The van der Waals surface area contributed by atoms with Gasteiger partial charge >= 0.3 is 0 Å². The Labute approximate surface area is 170 Å². The number of carbonyl (C=O) groups excluding carboxylic acids is 2. The van der Waals surface area contributed by atoms with Crippen LogP contribution < -0.4 is 10.6 Å². The second-order valence-corrected chi connectivity index (χ2v) is 8.26. The van der Waals surface area contributed by atoms with Gasteiger partial charge in [0.1, 0.15) is 24.4 Å². The molecule has 1 aromatic rings. The normalized spacial score (nSPS) is 21.1. The fraction of sp³-hybridized carbons (Fsp3) is 0.524. The Morgan fingerprint density at radius 2 is 1.90 bits per heavy atom. The van der Waals surface area contributed by atoms with Crippen molar-refractivity contribution in [2.75, 3.05) is 12.4 Å². The molecule has 0 bridgehead atoms. The molecule has 1 aromatic carbocycles. The standard InChI is InChI=1S/C21H30N2O6/c1-21(2,3)10-9-15(24)16(25)17(26)18(29-4)20(28)23-14-11-12-7-5-6-8-13(12)22-19(14)27/h5-10,14-18,24-26H,11H2,1-4H3,(H,22,27)(H,23,28)/b10-9+/t14?,15?,16-,17+,18+/m0/s1. The number of amides is 2. The molecule has 2 amide bonds. The van der Waals surface area contributed by atoms with Crippen LogP contribution in [-0.2, 0) is 20.7 Å². The van der Waals surface area contributed by atoms with Gasteiger partial charge < -0.3 is 30.7 Å². The smallest absolute Gasteiger partial charge is 0.252 e. The van der Waals surface area contributed by atoms with Crippen LogP contribution in [-0.4, -0.2) is 64.7 Å². The summed E-state index contributed by atoms with van der Waals surface area (Å²) < 4.78 is 5.05. The van der Waals surface area contributed by atoms with Crippen molar-refractivity contribution in [1.29, 1.82) is 0 Å². The molecule has 8 nitrogen and oxygen atoms in total. The van der Waals surface area contributed by atoms with Gasteiger partial charge in [0.2, 0.25) is 5.91 Å². The Hall–Kier alpha value is -2.26. The highest BCUT2D eigenvalue weighted by molar-refractivity contribution is 6.00. The van der Waals surface area contributed by atoms with E-state index in [1.165, 1.54) is 13.2 Å². The van der Waals surface area contributed by atoms with E-state index in [-0.39, 0.29) is 11.3 Å². The summed E-state index contributed by atoms with van der Waals surface area (Å²) in [7, 11) is 1.20. The predicted octanol–water partition coefficient (Wildman–Crippen LogP) is 0.366. The van der Waals surface area contributed by atoms with Gasteiger partial charge in [-0.1, -0.05) is 51.1 Å². The molecule has 0 saturated heterocycles.